The smallest absolute Gasteiger partial charge is 0.223 e. The van der Waals surface area contributed by atoms with Crippen LogP contribution in [0.4, 0.5) is 10.1 Å². The summed E-state index contributed by atoms with van der Waals surface area (Å²) in [5.74, 6) is -0.181. The zero-order valence-electron chi connectivity index (χ0n) is 18.4. The number of amides is 2. The molecular formula is C25H32FN3O2. The van der Waals surface area contributed by atoms with Crippen LogP contribution in [-0.4, -0.2) is 49.4 Å². The van der Waals surface area contributed by atoms with Gasteiger partial charge < -0.3 is 15.1 Å². The van der Waals surface area contributed by atoms with Crippen molar-refractivity contribution < 1.29 is 14.0 Å². The van der Waals surface area contributed by atoms with E-state index in [1.165, 1.54) is 17.7 Å². The van der Waals surface area contributed by atoms with Crippen molar-refractivity contribution in [2.24, 2.45) is 5.41 Å². The molecule has 6 heteroatoms. The molecule has 1 aliphatic rings. The molecule has 0 bridgehead atoms. The highest BCUT2D eigenvalue weighted by Gasteiger charge is 2.29. The number of carbonyl (C=O) groups excluding carboxylic acids is 2. The van der Waals surface area contributed by atoms with Gasteiger partial charge in [0.15, 0.2) is 0 Å². The van der Waals surface area contributed by atoms with E-state index >= 15 is 0 Å². The van der Waals surface area contributed by atoms with Crippen LogP contribution in [0.25, 0.3) is 0 Å². The summed E-state index contributed by atoms with van der Waals surface area (Å²) in [5, 5.41) is 2.97. The summed E-state index contributed by atoms with van der Waals surface area (Å²) in [6.07, 6.45) is 1.46. The number of carbonyl (C=O) groups is 2. The first kappa shape index (κ1) is 22.8. The maximum absolute atomic E-state index is 13.1. The first-order valence-corrected chi connectivity index (χ1v) is 10.9. The van der Waals surface area contributed by atoms with Crippen molar-refractivity contribution in [2.45, 2.75) is 33.1 Å². The molecule has 0 aliphatic carbocycles. The third-order valence-electron chi connectivity index (χ3n) is 5.67. The third kappa shape index (κ3) is 7.09. The van der Waals surface area contributed by atoms with Crippen molar-refractivity contribution >= 4 is 17.5 Å². The van der Waals surface area contributed by atoms with Gasteiger partial charge in [0.1, 0.15) is 5.82 Å². The summed E-state index contributed by atoms with van der Waals surface area (Å²) < 4.78 is 13.1. The van der Waals surface area contributed by atoms with Crippen molar-refractivity contribution in [3.8, 4) is 0 Å². The van der Waals surface area contributed by atoms with E-state index < -0.39 is 5.41 Å². The molecule has 2 aromatic carbocycles. The van der Waals surface area contributed by atoms with Gasteiger partial charge in [-0.1, -0.05) is 44.2 Å². The molecule has 1 N–H and O–H groups in total. The van der Waals surface area contributed by atoms with Gasteiger partial charge in [0.05, 0.1) is 0 Å². The Morgan fingerprint density at radius 3 is 2.23 bits per heavy atom. The monoisotopic (exact) mass is 425 g/mol. The highest BCUT2D eigenvalue weighted by Crippen LogP contribution is 2.27. The third-order valence-corrected chi connectivity index (χ3v) is 5.67. The Bertz CT molecular complexity index is 860. The van der Waals surface area contributed by atoms with E-state index in [9.17, 15) is 14.0 Å². The maximum Gasteiger partial charge on any atom is 0.223 e. The van der Waals surface area contributed by atoms with Gasteiger partial charge in [0.2, 0.25) is 11.8 Å². The lowest BCUT2D eigenvalue weighted by molar-refractivity contribution is -0.134. The molecule has 1 fully saturated rings. The lowest BCUT2D eigenvalue weighted by Gasteiger charge is -2.37. The Balaban J connectivity index is 1.40. The number of hydrogen-bond donors (Lipinski definition) is 1. The minimum atomic E-state index is -0.401. The molecule has 0 spiro atoms. The zero-order valence-corrected chi connectivity index (χ0v) is 18.4. The molecular weight excluding hydrogens is 393 g/mol. The first-order valence-electron chi connectivity index (χ1n) is 10.9. The highest BCUT2D eigenvalue weighted by molar-refractivity contribution is 5.80. The predicted molar refractivity (Wildman–Crippen MR) is 121 cm³/mol. The van der Waals surface area contributed by atoms with Crippen LogP contribution in [0.5, 0.6) is 0 Å². The second-order valence-corrected chi connectivity index (χ2v) is 8.95. The minimum Gasteiger partial charge on any atom is -0.368 e. The van der Waals surface area contributed by atoms with Crippen LogP contribution in [-0.2, 0) is 16.0 Å². The van der Waals surface area contributed by atoms with Gasteiger partial charge in [0, 0.05) is 51.3 Å². The quantitative estimate of drug-likeness (QED) is 0.703. The highest BCUT2D eigenvalue weighted by atomic mass is 19.1. The standard InChI is InChI=1S/C25H32FN3O2/c1-25(2,18-23(30)27-13-12-20-6-4-3-5-7-20)19-24(31)29-16-14-28(15-17-29)22-10-8-21(26)9-11-22/h3-11H,12-19H2,1-2H3,(H,27,30). The van der Waals surface area contributed by atoms with Crippen molar-refractivity contribution in [2.75, 3.05) is 37.6 Å². The molecule has 166 valence electrons. The number of anilines is 1. The summed E-state index contributed by atoms with van der Waals surface area (Å²) in [4.78, 5) is 29.2. The van der Waals surface area contributed by atoms with Gasteiger partial charge in [-0.25, -0.2) is 4.39 Å². The van der Waals surface area contributed by atoms with Gasteiger partial charge in [-0.15, -0.1) is 0 Å². The molecule has 1 aliphatic heterocycles. The van der Waals surface area contributed by atoms with Gasteiger partial charge >= 0.3 is 0 Å². The summed E-state index contributed by atoms with van der Waals surface area (Å²) in [6.45, 7) is 7.24. The van der Waals surface area contributed by atoms with Gasteiger partial charge in [-0.2, -0.15) is 0 Å². The molecule has 2 aromatic rings. The van der Waals surface area contributed by atoms with Crippen molar-refractivity contribution in [1.82, 2.24) is 10.2 Å². The fraction of sp³-hybridized carbons (Fsp3) is 0.440. The van der Waals surface area contributed by atoms with Gasteiger partial charge in [0.25, 0.3) is 0 Å². The van der Waals surface area contributed by atoms with Crippen LogP contribution in [0.1, 0.15) is 32.3 Å². The molecule has 1 heterocycles. The van der Waals surface area contributed by atoms with E-state index in [-0.39, 0.29) is 17.6 Å². The number of rotatable bonds is 8. The van der Waals surface area contributed by atoms with Crippen LogP contribution in [0, 0.1) is 11.2 Å². The number of piperazine rings is 1. The van der Waals surface area contributed by atoms with Crippen molar-refractivity contribution in [3.05, 3.63) is 66.0 Å². The number of nitrogens with one attached hydrogen (secondary N) is 1. The number of halogens is 1. The Hall–Kier alpha value is -2.89. The topological polar surface area (TPSA) is 52.7 Å². The molecule has 31 heavy (non-hydrogen) atoms. The molecule has 0 atom stereocenters. The van der Waals surface area contributed by atoms with E-state index in [0.29, 0.717) is 32.5 Å². The molecule has 0 aromatic heterocycles. The molecule has 1 saturated heterocycles. The van der Waals surface area contributed by atoms with Crippen molar-refractivity contribution in [1.29, 1.82) is 0 Å². The molecule has 3 rings (SSSR count). The second kappa shape index (κ2) is 10.4. The average Bonchev–Trinajstić information content (AvgIpc) is 2.74. The zero-order chi connectivity index (χ0) is 22.3. The minimum absolute atomic E-state index is 0.0186. The van der Waals surface area contributed by atoms with Crippen LogP contribution < -0.4 is 10.2 Å². The first-order chi connectivity index (χ1) is 14.8. The Labute approximate surface area is 184 Å². The van der Waals surface area contributed by atoms with E-state index in [4.69, 9.17) is 0 Å². The van der Waals surface area contributed by atoms with Gasteiger partial charge in [-0.05, 0) is 41.7 Å². The van der Waals surface area contributed by atoms with Crippen LogP contribution in [0.3, 0.4) is 0 Å². The fourth-order valence-corrected chi connectivity index (χ4v) is 3.94. The maximum atomic E-state index is 13.1. The molecule has 0 saturated carbocycles. The lowest BCUT2D eigenvalue weighted by Crippen LogP contribution is -2.49. The van der Waals surface area contributed by atoms with Crippen LogP contribution in [0.2, 0.25) is 0 Å². The Morgan fingerprint density at radius 2 is 1.58 bits per heavy atom. The van der Waals surface area contributed by atoms with E-state index in [0.717, 1.165) is 25.2 Å². The van der Waals surface area contributed by atoms with Crippen LogP contribution in [0.15, 0.2) is 54.6 Å². The summed E-state index contributed by atoms with van der Waals surface area (Å²) in [6, 6.07) is 16.5. The van der Waals surface area contributed by atoms with E-state index in [1.807, 2.05) is 49.1 Å². The SMILES string of the molecule is CC(C)(CC(=O)NCCc1ccccc1)CC(=O)N1CCN(c2ccc(F)cc2)CC1. The lowest BCUT2D eigenvalue weighted by atomic mass is 9.84. The number of benzene rings is 2. The average molecular weight is 426 g/mol. The predicted octanol–water partition coefficient (Wildman–Crippen LogP) is 3.64. The molecule has 0 radical (unpaired) electrons. The Morgan fingerprint density at radius 1 is 0.935 bits per heavy atom. The van der Waals surface area contributed by atoms with Crippen LogP contribution >= 0.6 is 0 Å². The summed E-state index contributed by atoms with van der Waals surface area (Å²) in [7, 11) is 0. The van der Waals surface area contributed by atoms with Gasteiger partial charge in [-0.3, -0.25) is 9.59 Å². The van der Waals surface area contributed by atoms with E-state index in [2.05, 4.69) is 10.2 Å². The Kier molecular flexibility index (Phi) is 7.66. The molecule has 2 amide bonds. The fourth-order valence-electron chi connectivity index (χ4n) is 3.94. The largest absolute Gasteiger partial charge is 0.368 e. The number of hydrogen-bond acceptors (Lipinski definition) is 3. The number of nitrogens with zero attached hydrogens (tertiary/aromatic N) is 2. The second-order valence-electron chi connectivity index (χ2n) is 8.95. The van der Waals surface area contributed by atoms with Crippen molar-refractivity contribution in [3.63, 3.8) is 0 Å². The molecule has 0 unspecified atom stereocenters. The molecule has 5 nitrogen and oxygen atoms in total. The summed E-state index contributed by atoms with van der Waals surface area (Å²) in [5.41, 5.74) is 1.76. The normalized spacial score (nSPS) is 14.4. The summed E-state index contributed by atoms with van der Waals surface area (Å²) >= 11 is 0. The van der Waals surface area contributed by atoms with E-state index in [1.54, 1.807) is 12.1 Å².